The second-order valence-corrected chi connectivity index (χ2v) is 7.00. The van der Waals surface area contributed by atoms with Crippen molar-refractivity contribution in [2.75, 3.05) is 36.6 Å². The van der Waals surface area contributed by atoms with Crippen LogP contribution in [0.4, 0.5) is 16.2 Å². The van der Waals surface area contributed by atoms with Crippen LogP contribution in [0.15, 0.2) is 46.0 Å². The number of hydrazone groups is 1. The van der Waals surface area contributed by atoms with E-state index >= 15 is 0 Å². The van der Waals surface area contributed by atoms with E-state index in [-0.39, 0.29) is 11.8 Å². The highest BCUT2D eigenvalue weighted by Gasteiger charge is 2.17. The SMILES string of the molecule is Fc1cnc(N/N=C\c2ccc(-c3ccc(Cl)cc3Cl)o2)nc1N1CCOCC1. The Hall–Kier alpha value is -2.68. The van der Waals surface area contributed by atoms with E-state index in [0.29, 0.717) is 47.9 Å². The van der Waals surface area contributed by atoms with Gasteiger partial charge in [0.1, 0.15) is 11.5 Å². The summed E-state index contributed by atoms with van der Waals surface area (Å²) in [6.45, 7) is 2.20. The first-order valence-electron chi connectivity index (χ1n) is 8.80. The van der Waals surface area contributed by atoms with E-state index < -0.39 is 5.82 Å². The van der Waals surface area contributed by atoms with Gasteiger partial charge in [0.15, 0.2) is 11.6 Å². The van der Waals surface area contributed by atoms with Crippen molar-refractivity contribution in [1.29, 1.82) is 0 Å². The number of nitrogens with one attached hydrogen (secondary N) is 1. The molecule has 0 atom stereocenters. The number of aromatic nitrogens is 2. The molecule has 1 aliphatic heterocycles. The fourth-order valence-corrected chi connectivity index (χ4v) is 3.32. The second kappa shape index (κ2) is 8.77. The summed E-state index contributed by atoms with van der Waals surface area (Å²) in [7, 11) is 0. The molecule has 0 unspecified atom stereocenters. The molecule has 1 aromatic carbocycles. The zero-order valence-electron chi connectivity index (χ0n) is 15.1. The van der Waals surface area contributed by atoms with Gasteiger partial charge in [0, 0.05) is 23.7 Å². The van der Waals surface area contributed by atoms with Crippen LogP contribution in [-0.2, 0) is 4.74 Å². The van der Waals surface area contributed by atoms with Crippen LogP contribution in [0.25, 0.3) is 11.3 Å². The Labute approximate surface area is 176 Å². The van der Waals surface area contributed by atoms with Crippen molar-refractivity contribution in [3.8, 4) is 11.3 Å². The number of ether oxygens (including phenoxy) is 1. The number of nitrogens with zero attached hydrogens (tertiary/aromatic N) is 4. The smallest absolute Gasteiger partial charge is 0.245 e. The fraction of sp³-hybridized carbons (Fsp3) is 0.211. The first-order valence-corrected chi connectivity index (χ1v) is 9.55. The van der Waals surface area contributed by atoms with E-state index in [1.54, 1.807) is 30.3 Å². The fourth-order valence-electron chi connectivity index (χ4n) is 2.82. The van der Waals surface area contributed by atoms with Gasteiger partial charge in [-0.2, -0.15) is 10.1 Å². The van der Waals surface area contributed by atoms with Gasteiger partial charge < -0.3 is 14.1 Å². The Morgan fingerprint density at radius 2 is 2.00 bits per heavy atom. The highest BCUT2D eigenvalue weighted by molar-refractivity contribution is 6.36. The summed E-state index contributed by atoms with van der Waals surface area (Å²) in [5, 5.41) is 5.10. The Morgan fingerprint density at radius 1 is 1.17 bits per heavy atom. The molecule has 1 aliphatic rings. The summed E-state index contributed by atoms with van der Waals surface area (Å²) >= 11 is 12.1. The third kappa shape index (κ3) is 4.67. The molecule has 0 amide bonds. The molecule has 1 saturated heterocycles. The van der Waals surface area contributed by atoms with Crippen molar-refractivity contribution in [1.82, 2.24) is 9.97 Å². The van der Waals surface area contributed by atoms with Crippen LogP contribution in [0.1, 0.15) is 5.76 Å². The lowest BCUT2D eigenvalue weighted by molar-refractivity contribution is 0.122. The molecule has 10 heteroatoms. The van der Waals surface area contributed by atoms with Crippen molar-refractivity contribution in [3.63, 3.8) is 0 Å². The number of hydrogen-bond acceptors (Lipinski definition) is 7. The molecule has 0 radical (unpaired) electrons. The second-order valence-electron chi connectivity index (χ2n) is 6.16. The van der Waals surface area contributed by atoms with Gasteiger partial charge in [-0.25, -0.2) is 14.8 Å². The lowest BCUT2D eigenvalue weighted by Crippen LogP contribution is -2.37. The van der Waals surface area contributed by atoms with E-state index in [1.807, 2.05) is 4.90 Å². The van der Waals surface area contributed by atoms with Gasteiger partial charge in [0.25, 0.3) is 0 Å². The van der Waals surface area contributed by atoms with Crippen LogP contribution in [0.5, 0.6) is 0 Å². The third-order valence-electron chi connectivity index (χ3n) is 4.22. The Balaban J connectivity index is 1.45. The topological polar surface area (TPSA) is 75.8 Å². The van der Waals surface area contributed by atoms with Crippen LogP contribution in [0.3, 0.4) is 0 Å². The standard InChI is InChI=1S/C19H16Cl2FN5O2/c20-12-1-3-14(15(21)9-12)17-4-2-13(29-17)10-24-26-19-23-11-16(22)18(25-19)27-5-7-28-8-6-27/h1-4,9-11H,5-8H2,(H,23,25,26)/b24-10-. The third-order valence-corrected chi connectivity index (χ3v) is 4.76. The van der Waals surface area contributed by atoms with Crippen molar-refractivity contribution in [3.05, 3.63) is 58.2 Å². The van der Waals surface area contributed by atoms with Crippen LogP contribution in [-0.4, -0.2) is 42.5 Å². The zero-order valence-corrected chi connectivity index (χ0v) is 16.6. The minimum absolute atomic E-state index is 0.177. The first kappa shape index (κ1) is 19.6. The molecular formula is C19H16Cl2FN5O2. The molecule has 7 nitrogen and oxygen atoms in total. The molecule has 150 valence electrons. The summed E-state index contributed by atoms with van der Waals surface area (Å²) in [6, 6.07) is 8.69. The molecule has 2 aromatic heterocycles. The average molecular weight is 436 g/mol. The van der Waals surface area contributed by atoms with E-state index in [4.69, 9.17) is 32.4 Å². The number of halogens is 3. The van der Waals surface area contributed by atoms with Crippen LogP contribution < -0.4 is 10.3 Å². The quantitative estimate of drug-likeness (QED) is 0.470. The minimum atomic E-state index is -0.489. The van der Waals surface area contributed by atoms with E-state index in [1.165, 1.54) is 6.21 Å². The maximum atomic E-state index is 14.1. The molecule has 4 rings (SSSR count). The Morgan fingerprint density at radius 3 is 2.79 bits per heavy atom. The van der Waals surface area contributed by atoms with E-state index in [2.05, 4.69) is 20.5 Å². The number of furan rings is 1. The Bertz CT molecular complexity index is 1040. The molecule has 0 saturated carbocycles. The summed E-state index contributed by atoms with van der Waals surface area (Å²) < 4.78 is 25.1. The molecule has 0 aliphatic carbocycles. The Kier molecular flexibility index (Phi) is 5.94. The van der Waals surface area contributed by atoms with Gasteiger partial charge in [-0.1, -0.05) is 23.2 Å². The van der Waals surface area contributed by atoms with Gasteiger partial charge in [0.05, 0.1) is 30.6 Å². The highest BCUT2D eigenvalue weighted by atomic mass is 35.5. The van der Waals surface area contributed by atoms with Crippen molar-refractivity contribution >= 4 is 41.2 Å². The van der Waals surface area contributed by atoms with Crippen LogP contribution in [0, 0.1) is 5.82 Å². The number of hydrogen-bond donors (Lipinski definition) is 1. The predicted molar refractivity (Wildman–Crippen MR) is 110 cm³/mol. The van der Waals surface area contributed by atoms with Crippen molar-refractivity contribution in [2.24, 2.45) is 5.10 Å². The summed E-state index contributed by atoms with van der Waals surface area (Å²) in [5.41, 5.74) is 3.41. The number of benzene rings is 1. The normalized spacial score (nSPS) is 14.5. The van der Waals surface area contributed by atoms with E-state index in [9.17, 15) is 4.39 Å². The number of rotatable bonds is 5. The maximum absolute atomic E-state index is 14.1. The number of anilines is 2. The molecule has 3 aromatic rings. The van der Waals surface area contributed by atoms with Crippen molar-refractivity contribution < 1.29 is 13.5 Å². The maximum Gasteiger partial charge on any atom is 0.245 e. The first-order chi connectivity index (χ1) is 14.1. The predicted octanol–water partition coefficient (Wildman–Crippen LogP) is 4.47. The highest BCUT2D eigenvalue weighted by Crippen LogP contribution is 2.31. The lowest BCUT2D eigenvalue weighted by atomic mass is 10.2. The monoisotopic (exact) mass is 435 g/mol. The van der Waals surface area contributed by atoms with Gasteiger partial charge >= 0.3 is 0 Å². The van der Waals surface area contributed by atoms with Gasteiger partial charge in [0.2, 0.25) is 5.95 Å². The molecule has 1 N–H and O–H groups in total. The largest absolute Gasteiger partial charge is 0.455 e. The minimum Gasteiger partial charge on any atom is -0.455 e. The van der Waals surface area contributed by atoms with E-state index in [0.717, 1.165) is 11.8 Å². The molecule has 0 spiro atoms. The molecule has 29 heavy (non-hydrogen) atoms. The summed E-state index contributed by atoms with van der Waals surface area (Å²) in [4.78, 5) is 9.92. The van der Waals surface area contributed by atoms with Crippen LogP contribution >= 0.6 is 23.2 Å². The van der Waals surface area contributed by atoms with Crippen LogP contribution in [0.2, 0.25) is 10.0 Å². The van der Waals surface area contributed by atoms with Crippen molar-refractivity contribution in [2.45, 2.75) is 0 Å². The molecule has 3 heterocycles. The average Bonchev–Trinajstić information content (AvgIpc) is 3.18. The van der Waals surface area contributed by atoms with Gasteiger partial charge in [-0.05, 0) is 30.3 Å². The van der Waals surface area contributed by atoms with Gasteiger partial charge in [-0.3, -0.25) is 0 Å². The lowest BCUT2D eigenvalue weighted by Gasteiger charge is -2.27. The summed E-state index contributed by atoms with van der Waals surface area (Å²) in [5.74, 6) is 0.988. The number of morpholine rings is 1. The molecular weight excluding hydrogens is 420 g/mol. The summed E-state index contributed by atoms with van der Waals surface area (Å²) in [6.07, 6.45) is 2.58. The molecule has 0 bridgehead atoms. The zero-order chi connectivity index (χ0) is 20.2. The molecule has 1 fully saturated rings. The van der Waals surface area contributed by atoms with Gasteiger partial charge in [-0.15, -0.1) is 0 Å².